The Hall–Kier alpha value is -1.09. The SMILES string of the molecule is CCCCCCCCCCCCCCCCCCCCC(O)C(=O)NC(COC1OC(CO)C(OC2OC(CO)C(O)C(O)C2O)C(O)C1O)C(O)C(O)CCCCCCCCCC(C)CC. The lowest BCUT2D eigenvalue weighted by atomic mass is 9.97. The van der Waals surface area contributed by atoms with Crippen LogP contribution in [-0.2, 0) is 23.7 Å². The molecule has 0 spiro atoms. The number of aliphatic hydroxyl groups is 10. The number of ether oxygens (including phenoxy) is 4. The highest BCUT2D eigenvalue weighted by Crippen LogP contribution is 2.30. The molecule has 11 N–H and O–H groups in total. The number of hydrogen-bond acceptors (Lipinski definition) is 15. The summed E-state index contributed by atoms with van der Waals surface area (Å²) in [6, 6.07) is -1.27. The van der Waals surface area contributed by atoms with Gasteiger partial charge in [0.15, 0.2) is 12.6 Å². The van der Waals surface area contributed by atoms with Crippen molar-refractivity contribution in [3.8, 4) is 0 Å². The minimum Gasteiger partial charge on any atom is -0.394 e. The van der Waals surface area contributed by atoms with Crippen LogP contribution in [0, 0.1) is 5.92 Å². The molecule has 16 nitrogen and oxygen atoms in total. The summed E-state index contributed by atoms with van der Waals surface area (Å²) in [5, 5.41) is 109. The Morgan fingerprint density at radius 3 is 1.45 bits per heavy atom. The molecule has 0 bridgehead atoms. The van der Waals surface area contributed by atoms with Gasteiger partial charge in [-0.15, -0.1) is 0 Å². The third-order valence-corrected chi connectivity index (χ3v) is 14.1. The van der Waals surface area contributed by atoms with Crippen molar-refractivity contribution >= 4 is 5.91 Å². The maximum Gasteiger partial charge on any atom is 0.249 e. The Labute approximate surface area is 403 Å². The molecule has 15 unspecified atom stereocenters. The first-order chi connectivity index (χ1) is 32.3. The third-order valence-electron chi connectivity index (χ3n) is 14.1. The van der Waals surface area contributed by atoms with Gasteiger partial charge in [-0.25, -0.2) is 0 Å². The van der Waals surface area contributed by atoms with Gasteiger partial charge in [0.25, 0.3) is 0 Å². The second-order valence-electron chi connectivity index (χ2n) is 19.9. The Kier molecular flexibility index (Phi) is 34.9. The fraction of sp³-hybridized carbons (Fsp3) is 0.980. The second kappa shape index (κ2) is 37.7. The fourth-order valence-electron chi connectivity index (χ4n) is 9.14. The van der Waals surface area contributed by atoms with E-state index in [4.69, 9.17) is 18.9 Å². The molecule has 67 heavy (non-hydrogen) atoms. The number of aliphatic hydroxyl groups excluding tert-OH is 10. The zero-order valence-corrected chi connectivity index (χ0v) is 41.8. The lowest BCUT2D eigenvalue weighted by Crippen LogP contribution is -2.65. The predicted molar refractivity (Wildman–Crippen MR) is 257 cm³/mol. The third kappa shape index (κ3) is 24.7. The van der Waals surface area contributed by atoms with Crippen LogP contribution in [0.4, 0.5) is 0 Å². The van der Waals surface area contributed by atoms with Crippen molar-refractivity contribution in [1.82, 2.24) is 5.32 Å². The van der Waals surface area contributed by atoms with Gasteiger partial charge in [0.2, 0.25) is 5.91 Å². The fourth-order valence-corrected chi connectivity index (χ4v) is 9.14. The molecule has 15 atom stereocenters. The average molecular weight is 966 g/mol. The van der Waals surface area contributed by atoms with Crippen LogP contribution in [0.3, 0.4) is 0 Å². The molecule has 0 aromatic heterocycles. The molecular weight excluding hydrogens is 867 g/mol. The molecule has 398 valence electrons. The van der Waals surface area contributed by atoms with E-state index in [1.54, 1.807) is 0 Å². The first-order valence-electron chi connectivity index (χ1n) is 26.9. The summed E-state index contributed by atoms with van der Waals surface area (Å²) in [5.41, 5.74) is 0. The van der Waals surface area contributed by atoms with Gasteiger partial charge in [0.05, 0.1) is 32.0 Å². The van der Waals surface area contributed by atoms with Gasteiger partial charge in [-0.1, -0.05) is 194 Å². The Morgan fingerprint density at radius 2 is 0.970 bits per heavy atom. The monoisotopic (exact) mass is 966 g/mol. The molecule has 2 saturated heterocycles. The minimum atomic E-state index is -1.85. The largest absolute Gasteiger partial charge is 0.394 e. The molecule has 0 radical (unpaired) electrons. The standard InChI is InChI=1S/C51H99NO15/c1-4-6-7-8-9-10-11-12-13-14-15-16-17-18-19-22-26-29-32-39(56)49(63)52-37(42(57)38(55)31-28-25-23-20-21-24-27-30-36(3)5-2)35-64-50-47(62)45(60)48(41(34-54)66-50)67-51-46(61)44(59)43(58)40(33-53)65-51/h36-48,50-51,53-62H,4-35H2,1-3H3,(H,52,63). The highest BCUT2D eigenvalue weighted by Gasteiger charge is 2.51. The van der Waals surface area contributed by atoms with Crippen LogP contribution in [0.2, 0.25) is 0 Å². The van der Waals surface area contributed by atoms with Crippen LogP contribution in [0.15, 0.2) is 0 Å². The number of amides is 1. The number of carbonyl (C=O) groups is 1. The van der Waals surface area contributed by atoms with E-state index in [1.807, 2.05) is 0 Å². The zero-order chi connectivity index (χ0) is 49.4. The Morgan fingerprint density at radius 1 is 0.537 bits per heavy atom. The Bertz CT molecular complexity index is 1190. The van der Waals surface area contributed by atoms with Crippen molar-refractivity contribution < 1.29 is 74.8 Å². The van der Waals surface area contributed by atoms with Crippen LogP contribution < -0.4 is 5.32 Å². The first kappa shape index (κ1) is 62.0. The van der Waals surface area contributed by atoms with Gasteiger partial charge in [0.1, 0.15) is 61.0 Å². The second-order valence-corrected chi connectivity index (χ2v) is 19.9. The topological polar surface area (TPSA) is 268 Å². The highest BCUT2D eigenvalue weighted by atomic mass is 16.7. The molecule has 16 heteroatoms. The number of nitrogens with one attached hydrogen (secondary N) is 1. The molecule has 2 aliphatic heterocycles. The van der Waals surface area contributed by atoms with Gasteiger partial charge in [-0.2, -0.15) is 0 Å². The van der Waals surface area contributed by atoms with Gasteiger partial charge in [0, 0.05) is 0 Å². The van der Waals surface area contributed by atoms with E-state index in [9.17, 15) is 55.9 Å². The molecular formula is C51H99NO15. The van der Waals surface area contributed by atoms with Crippen LogP contribution in [0.25, 0.3) is 0 Å². The Balaban J connectivity index is 1.87. The molecule has 0 aromatic carbocycles. The van der Waals surface area contributed by atoms with Crippen molar-refractivity contribution in [2.75, 3.05) is 19.8 Å². The first-order valence-corrected chi connectivity index (χ1v) is 26.9. The normalized spacial score (nSPS) is 28.0. The zero-order valence-electron chi connectivity index (χ0n) is 41.8. The number of hydrogen-bond donors (Lipinski definition) is 11. The molecule has 0 aromatic rings. The number of rotatable bonds is 41. The lowest BCUT2D eigenvalue weighted by Gasteiger charge is -2.46. The van der Waals surface area contributed by atoms with Crippen LogP contribution in [-0.4, -0.2) is 163 Å². The summed E-state index contributed by atoms with van der Waals surface area (Å²) in [7, 11) is 0. The van der Waals surface area contributed by atoms with Gasteiger partial charge in [-0.3, -0.25) is 4.79 Å². The van der Waals surface area contributed by atoms with E-state index >= 15 is 0 Å². The molecule has 2 fully saturated rings. The summed E-state index contributed by atoms with van der Waals surface area (Å²) < 4.78 is 22.5. The van der Waals surface area contributed by atoms with Crippen molar-refractivity contribution in [3.63, 3.8) is 0 Å². The summed E-state index contributed by atoms with van der Waals surface area (Å²) in [5.74, 6) is -0.00968. The maximum absolute atomic E-state index is 13.3. The van der Waals surface area contributed by atoms with E-state index in [0.717, 1.165) is 50.9 Å². The lowest BCUT2D eigenvalue weighted by molar-refractivity contribution is -0.359. The minimum absolute atomic E-state index is 0.207. The smallest absolute Gasteiger partial charge is 0.249 e. The summed E-state index contributed by atoms with van der Waals surface area (Å²) in [4.78, 5) is 13.3. The van der Waals surface area contributed by atoms with Gasteiger partial charge >= 0.3 is 0 Å². The van der Waals surface area contributed by atoms with Gasteiger partial charge < -0.3 is 75.3 Å². The van der Waals surface area contributed by atoms with Crippen molar-refractivity contribution in [3.05, 3.63) is 0 Å². The van der Waals surface area contributed by atoms with Crippen molar-refractivity contribution in [2.24, 2.45) is 5.92 Å². The van der Waals surface area contributed by atoms with Crippen LogP contribution in [0.1, 0.15) is 207 Å². The summed E-state index contributed by atoms with van der Waals surface area (Å²) in [6.45, 7) is 4.70. The summed E-state index contributed by atoms with van der Waals surface area (Å²) >= 11 is 0. The molecule has 2 heterocycles. The van der Waals surface area contributed by atoms with Crippen molar-refractivity contribution in [2.45, 2.75) is 293 Å². The molecule has 2 rings (SSSR count). The van der Waals surface area contributed by atoms with E-state index in [1.165, 1.54) is 116 Å². The van der Waals surface area contributed by atoms with Crippen LogP contribution >= 0.6 is 0 Å². The number of unbranched alkanes of at least 4 members (excludes halogenated alkanes) is 23. The van der Waals surface area contributed by atoms with Crippen LogP contribution in [0.5, 0.6) is 0 Å². The van der Waals surface area contributed by atoms with E-state index in [2.05, 4.69) is 26.1 Å². The van der Waals surface area contributed by atoms with Crippen molar-refractivity contribution in [1.29, 1.82) is 0 Å². The average Bonchev–Trinajstić information content (AvgIpc) is 3.33. The molecule has 2 aliphatic rings. The molecule has 0 saturated carbocycles. The van der Waals surface area contributed by atoms with E-state index in [0.29, 0.717) is 12.8 Å². The maximum atomic E-state index is 13.3. The summed E-state index contributed by atoms with van der Waals surface area (Å²) in [6.07, 6.45) is 11.4. The quantitative estimate of drug-likeness (QED) is 0.0353. The van der Waals surface area contributed by atoms with E-state index < -0.39 is 111 Å². The molecule has 0 aliphatic carbocycles. The van der Waals surface area contributed by atoms with E-state index in [-0.39, 0.29) is 12.8 Å². The van der Waals surface area contributed by atoms with Gasteiger partial charge in [-0.05, 0) is 18.8 Å². The predicted octanol–water partition coefficient (Wildman–Crippen LogP) is 5.18. The number of carbonyl (C=O) groups excluding carboxylic acids is 1. The highest BCUT2D eigenvalue weighted by molar-refractivity contribution is 5.80. The molecule has 1 amide bonds.